The first-order valence-corrected chi connectivity index (χ1v) is 7.67. The van der Waals surface area contributed by atoms with E-state index in [9.17, 15) is 0 Å². The highest BCUT2D eigenvalue weighted by molar-refractivity contribution is 5.44. The van der Waals surface area contributed by atoms with Gasteiger partial charge in [-0.1, -0.05) is 29.8 Å². The van der Waals surface area contributed by atoms with E-state index in [1.54, 1.807) is 7.05 Å². The first kappa shape index (κ1) is 18.5. The molecule has 0 spiro atoms. The third-order valence-corrected chi connectivity index (χ3v) is 3.12. The molecule has 2 rings (SSSR count). The lowest BCUT2D eigenvalue weighted by Crippen LogP contribution is -2.18. The predicted octanol–water partition coefficient (Wildman–Crippen LogP) is 2.86. The summed E-state index contributed by atoms with van der Waals surface area (Å²) in [5.41, 5.74) is 2.67. The molecule has 6 heteroatoms. The van der Waals surface area contributed by atoms with Crippen LogP contribution in [0.15, 0.2) is 30.6 Å². The molecule has 124 valence electrons. The van der Waals surface area contributed by atoms with Crippen molar-refractivity contribution in [3.05, 3.63) is 41.7 Å². The Morgan fingerprint density at radius 1 is 1.26 bits per heavy atom. The minimum absolute atomic E-state index is 0.308. The molecule has 0 fully saturated rings. The summed E-state index contributed by atoms with van der Waals surface area (Å²) < 4.78 is 0. The molecule has 1 aromatic heterocycles. The van der Waals surface area contributed by atoms with E-state index in [1.165, 1.54) is 24.4 Å². The monoisotopic (exact) mass is 315 g/mol. The van der Waals surface area contributed by atoms with Crippen LogP contribution < -0.4 is 10.6 Å². The van der Waals surface area contributed by atoms with Gasteiger partial charge >= 0.3 is 0 Å². The molecule has 1 aromatic carbocycles. The quantitative estimate of drug-likeness (QED) is 0.798. The molecule has 1 heterocycles. The molecule has 0 aliphatic heterocycles. The molecule has 0 aliphatic carbocycles. The van der Waals surface area contributed by atoms with Crippen molar-refractivity contribution in [3.8, 4) is 0 Å². The molecule has 1 unspecified atom stereocenters. The number of rotatable bonds is 6. The number of carbonyl (C=O) groups is 1. The van der Waals surface area contributed by atoms with E-state index in [0.717, 1.165) is 19.1 Å². The van der Waals surface area contributed by atoms with E-state index >= 15 is 0 Å². The third kappa shape index (κ3) is 7.35. The molecular formula is C17H25N5O. The van der Waals surface area contributed by atoms with Gasteiger partial charge in [-0.2, -0.15) is 4.98 Å². The molecule has 0 bridgehead atoms. The molecule has 0 amide bonds. The number of anilines is 2. The lowest BCUT2D eigenvalue weighted by molar-refractivity contribution is -0.106. The van der Waals surface area contributed by atoms with Crippen LogP contribution in [0, 0.1) is 6.92 Å². The van der Waals surface area contributed by atoms with Gasteiger partial charge in [0.15, 0.2) is 0 Å². The van der Waals surface area contributed by atoms with E-state index in [1.807, 2.05) is 0 Å². The highest BCUT2D eigenvalue weighted by Crippen LogP contribution is 2.10. The van der Waals surface area contributed by atoms with Crippen LogP contribution in [-0.4, -0.2) is 34.3 Å². The van der Waals surface area contributed by atoms with Crippen LogP contribution in [0.5, 0.6) is 0 Å². The minimum Gasteiger partial charge on any atom is -0.357 e. The average molecular weight is 315 g/mol. The van der Waals surface area contributed by atoms with E-state index < -0.39 is 0 Å². The second-order valence-electron chi connectivity index (χ2n) is 5.19. The summed E-state index contributed by atoms with van der Waals surface area (Å²) in [6.45, 7) is 5.70. The van der Waals surface area contributed by atoms with Gasteiger partial charge in [-0.3, -0.25) is 0 Å². The highest BCUT2D eigenvalue weighted by Gasteiger charge is 2.05. The largest absolute Gasteiger partial charge is 0.357 e. The Labute approximate surface area is 137 Å². The summed E-state index contributed by atoms with van der Waals surface area (Å²) in [6.07, 6.45) is 4.33. The summed E-state index contributed by atoms with van der Waals surface area (Å²) in [6, 6.07) is 8.93. The third-order valence-electron chi connectivity index (χ3n) is 3.12. The van der Waals surface area contributed by atoms with Crippen molar-refractivity contribution in [2.75, 3.05) is 17.7 Å². The Balaban J connectivity index is 0.000000816. The van der Waals surface area contributed by atoms with Gasteiger partial charge in [0.2, 0.25) is 11.9 Å². The molecule has 23 heavy (non-hydrogen) atoms. The van der Waals surface area contributed by atoms with Crippen molar-refractivity contribution >= 4 is 18.2 Å². The zero-order valence-electron chi connectivity index (χ0n) is 14.2. The van der Waals surface area contributed by atoms with Gasteiger partial charge in [0.05, 0.1) is 0 Å². The van der Waals surface area contributed by atoms with Crippen molar-refractivity contribution in [1.82, 2.24) is 15.0 Å². The maximum Gasteiger partial charge on any atom is 0.227 e. The molecule has 2 N–H and O–H groups in total. The molecule has 0 saturated heterocycles. The number of hydrogen-bond acceptors (Lipinski definition) is 6. The Hall–Kier alpha value is -2.50. The van der Waals surface area contributed by atoms with Gasteiger partial charge < -0.3 is 15.4 Å². The van der Waals surface area contributed by atoms with Crippen molar-refractivity contribution in [2.24, 2.45) is 0 Å². The molecule has 1 atom stereocenters. The van der Waals surface area contributed by atoms with E-state index in [4.69, 9.17) is 4.79 Å². The van der Waals surface area contributed by atoms with Crippen LogP contribution in [0.4, 0.5) is 11.9 Å². The van der Waals surface area contributed by atoms with E-state index in [0.29, 0.717) is 17.9 Å². The number of aryl methyl sites for hydroxylation is 2. The maximum atomic E-state index is 8.81. The zero-order chi connectivity index (χ0) is 17.1. The van der Waals surface area contributed by atoms with E-state index in [-0.39, 0.29) is 0 Å². The van der Waals surface area contributed by atoms with Crippen molar-refractivity contribution in [2.45, 2.75) is 39.7 Å². The standard InChI is InChI=1S/C15H21N5.C2H4O/c1-11-5-4-6-13(9-11)8-7-12(2)19-15-18-10-17-14(16-3)20-15;1-2-3/h4-6,9-10,12H,7-8H2,1-3H3,(H2,16,17,18,19,20);2H,1H3. The molecule has 0 radical (unpaired) electrons. The number of carbonyl (C=O) groups excluding carboxylic acids is 1. The second kappa shape index (κ2) is 10.3. The minimum atomic E-state index is 0.308. The normalized spacial score (nSPS) is 11.0. The first-order valence-electron chi connectivity index (χ1n) is 7.67. The first-order chi connectivity index (χ1) is 11.1. The lowest BCUT2D eigenvalue weighted by atomic mass is 10.0. The number of benzene rings is 1. The lowest BCUT2D eigenvalue weighted by Gasteiger charge is -2.14. The van der Waals surface area contributed by atoms with Crippen LogP contribution in [0.2, 0.25) is 0 Å². The van der Waals surface area contributed by atoms with Crippen molar-refractivity contribution in [3.63, 3.8) is 0 Å². The van der Waals surface area contributed by atoms with Gasteiger partial charge in [0.1, 0.15) is 12.6 Å². The van der Waals surface area contributed by atoms with Crippen LogP contribution in [-0.2, 0) is 11.2 Å². The predicted molar refractivity (Wildman–Crippen MR) is 93.7 cm³/mol. The summed E-state index contributed by atoms with van der Waals surface area (Å²) in [5, 5.41) is 6.20. The summed E-state index contributed by atoms with van der Waals surface area (Å²) >= 11 is 0. The topological polar surface area (TPSA) is 79.8 Å². The molecule has 0 aliphatic rings. The van der Waals surface area contributed by atoms with E-state index in [2.05, 4.69) is 63.7 Å². The number of aldehydes is 1. The molecule has 0 saturated carbocycles. The average Bonchev–Trinajstić information content (AvgIpc) is 2.54. The Morgan fingerprint density at radius 3 is 2.61 bits per heavy atom. The van der Waals surface area contributed by atoms with Crippen molar-refractivity contribution in [1.29, 1.82) is 0 Å². The Bertz CT molecular complexity index is 603. The molecule has 6 nitrogen and oxygen atoms in total. The van der Waals surface area contributed by atoms with Crippen LogP contribution in [0.1, 0.15) is 31.4 Å². The number of nitrogens with zero attached hydrogens (tertiary/aromatic N) is 3. The summed E-state index contributed by atoms with van der Waals surface area (Å²) in [4.78, 5) is 21.2. The molecular weight excluding hydrogens is 290 g/mol. The smallest absolute Gasteiger partial charge is 0.227 e. The molecule has 2 aromatic rings. The Morgan fingerprint density at radius 2 is 1.96 bits per heavy atom. The highest BCUT2D eigenvalue weighted by atomic mass is 16.1. The number of nitrogens with one attached hydrogen (secondary N) is 2. The van der Waals surface area contributed by atoms with Gasteiger partial charge in [0, 0.05) is 13.1 Å². The fourth-order valence-electron chi connectivity index (χ4n) is 2.03. The number of hydrogen-bond donors (Lipinski definition) is 2. The summed E-state index contributed by atoms with van der Waals surface area (Å²) in [7, 11) is 1.79. The van der Waals surface area contributed by atoms with Crippen LogP contribution in [0.25, 0.3) is 0 Å². The van der Waals surface area contributed by atoms with Crippen LogP contribution in [0.3, 0.4) is 0 Å². The Kier molecular flexibility index (Phi) is 8.28. The SMILES string of the molecule is CC=O.CNc1ncnc(NC(C)CCc2cccc(C)c2)n1. The van der Waals surface area contributed by atoms with Gasteiger partial charge in [-0.05, 0) is 39.2 Å². The van der Waals surface area contributed by atoms with Crippen molar-refractivity contribution < 1.29 is 4.79 Å². The van der Waals surface area contributed by atoms with Crippen LogP contribution >= 0.6 is 0 Å². The second-order valence-corrected chi connectivity index (χ2v) is 5.19. The zero-order valence-corrected chi connectivity index (χ0v) is 14.2. The van der Waals surface area contributed by atoms with Gasteiger partial charge in [-0.25, -0.2) is 9.97 Å². The summed E-state index contributed by atoms with van der Waals surface area (Å²) in [5.74, 6) is 1.19. The van der Waals surface area contributed by atoms with Gasteiger partial charge in [-0.15, -0.1) is 0 Å². The fourth-order valence-corrected chi connectivity index (χ4v) is 2.03. The maximum absolute atomic E-state index is 8.81. The number of aromatic nitrogens is 3. The fraction of sp³-hybridized carbons (Fsp3) is 0.412. The van der Waals surface area contributed by atoms with Gasteiger partial charge in [0.25, 0.3) is 0 Å².